The largest absolute Gasteiger partial charge is 0.397 e. The zero-order chi connectivity index (χ0) is 15.7. The Morgan fingerprint density at radius 3 is 2.52 bits per heavy atom. The maximum atomic E-state index is 11.5. The SMILES string of the molecule is CC1CCC(O)(CNc2ccc(S(C)(=O)=O)cc2N)CC1. The molecular weight excluding hydrogens is 288 g/mol. The molecule has 0 spiro atoms. The number of benzene rings is 1. The van der Waals surface area contributed by atoms with Gasteiger partial charge in [-0.1, -0.05) is 6.92 Å². The van der Waals surface area contributed by atoms with Crippen molar-refractivity contribution in [3.05, 3.63) is 18.2 Å². The predicted molar refractivity (Wildman–Crippen MR) is 85.0 cm³/mol. The summed E-state index contributed by atoms with van der Waals surface area (Å²) in [7, 11) is -3.25. The average molecular weight is 312 g/mol. The summed E-state index contributed by atoms with van der Waals surface area (Å²) >= 11 is 0. The first-order chi connectivity index (χ1) is 9.70. The van der Waals surface area contributed by atoms with Crippen LogP contribution < -0.4 is 11.1 Å². The van der Waals surface area contributed by atoms with Crippen molar-refractivity contribution in [2.24, 2.45) is 5.92 Å². The molecule has 0 aliphatic heterocycles. The van der Waals surface area contributed by atoms with Crippen LogP contribution in [-0.2, 0) is 9.84 Å². The van der Waals surface area contributed by atoms with E-state index >= 15 is 0 Å². The van der Waals surface area contributed by atoms with E-state index in [4.69, 9.17) is 5.73 Å². The number of hydrogen-bond donors (Lipinski definition) is 3. The summed E-state index contributed by atoms with van der Waals surface area (Å²) in [5.41, 5.74) is 6.23. The van der Waals surface area contributed by atoms with Gasteiger partial charge < -0.3 is 16.2 Å². The van der Waals surface area contributed by atoms with Gasteiger partial charge >= 0.3 is 0 Å². The maximum absolute atomic E-state index is 11.5. The highest BCUT2D eigenvalue weighted by atomic mass is 32.2. The summed E-state index contributed by atoms with van der Waals surface area (Å²) in [5.74, 6) is 0.671. The normalized spacial score (nSPS) is 26.5. The van der Waals surface area contributed by atoms with E-state index in [0.29, 0.717) is 23.8 Å². The molecule has 0 radical (unpaired) electrons. The van der Waals surface area contributed by atoms with Gasteiger partial charge in [-0.25, -0.2) is 8.42 Å². The zero-order valence-electron chi connectivity index (χ0n) is 12.6. The third-order valence-electron chi connectivity index (χ3n) is 4.26. The Morgan fingerprint density at radius 1 is 1.38 bits per heavy atom. The lowest BCUT2D eigenvalue weighted by molar-refractivity contribution is 0.00502. The smallest absolute Gasteiger partial charge is 0.175 e. The van der Waals surface area contributed by atoms with E-state index < -0.39 is 15.4 Å². The molecule has 4 N–H and O–H groups in total. The Bertz CT molecular complexity index is 605. The first-order valence-corrected chi connectivity index (χ1v) is 9.15. The van der Waals surface area contributed by atoms with E-state index in [-0.39, 0.29) is 4.90 Å². The Balaban J connectivity index is 2.04. The molecule has 5 nitrogen and oxygen atoms in total. The molecule has 118 valence electrons. The number of nitrogen functional groups attached to an aromatic ring is 1. The highest BCUT2D eigenvalue weighted by Crippen LogP contribution is 2.32. The van der Waals surface area contributed by atoms with Crippen LogP contribution in [0.2, 0.25) is 0 Å². The van der Waals surface area contributed by atoms with Crippen LogP contribution in [0, 0.1) is 5.92 Å². The molecule has 21 heavy (non-hydrogen) atoms. The molecular formula is C15H24N2O3S. The quantitative estimate of drug-likeness (QED) is 0.740. The molecule has 2 rings (SSSR count). The molecule has 1 aliphatic carbocycles. The first-order valence-electron chi connectivity index (χ1n) is 7.25. The molecule has 1 fully saturated rings. The highest BCUT2D eigenvalue weighted by Gasteiger charge is 2.31. The molecule has 0 bridgehead atoms. The van der Waals surface area contributed by atoms with E-state index in [0.717, 1.165) is 31.9 Å². The second kappa shape index (κ2) is 5.85. The van der Waals surface area contributed by atoms with E-state index in [1.165, 1.54) is 12.1 Å². The predicted octanol–water partition coefficient (Wildman–Crippen LogP) is 2.03. The molecule has 0 atom stereocenters. The van der Waals surface area contributed by atoms with Gasteiger partial charge in [0.2, 0.25) is 0 Å². The third-order valence-corrected chi connectivity index (χ3v) is 5.37. The molecule has 1 saturated carbocycles. The molecule has 0 amide bonds. The van der Waals surface area contributed by atoms with Gasteiger partial charge in [-0.15, -0.1) is 0 Å². The van der Waals surface area contributed by atoms with E-state index in [2.05, 4.69) is 12.2 Å². The molecule has 1 aromatic rings. The van der Waals surface area contributed by atoms with Crippen LogP contribution >= 0.6 is 0 Å². The van der Waals surface area contributed by atoms with Crippen LogP contribution in [0.4, 0.5) is 11.4 Å². The first kappa shape index (κ1) is 16.1. The molecule has 6 heteroatoms. The van der Waals surface area contributed by atoms with Gasteiger partial charge in [-0.05, 0) is 49.8 Å². The summed E-state index contributed by atoms with van der Waals surface area (Å²) in [6.07, 6.45) is 4.77. The minimum atomic E-state index is -3.25. The zero-order valence-corrected chi connectivity index (χ0v) is 13.4. The Kier molecular flexibility index (Phi) is 4.49. The summed E-state index contributed by atoms with van der Waals surface area (Å²) < 4.78 is 22.9. The molecule has 1 aliphatic rings. The van der Waals surface area contributed by atoms with Crippen molar-refractivity contribution in [2.45, 2.75) is 43.1 Å². The van der Waals surface area contributed by atoms with Crippen molar-refractivity contribution in [3.8, 4) is 0 Å². The standard InChI is InChI=1S/C15H24N2O3S/c1-11-5-7-15(18,8-6-11)10-17-14-4-3-12(9-13(14)16)21(2,19)20/h3-4,9,11,17-18H,5-8,10,16H2,1-2H3. The summed E-state index contributed by atoms with van der Waals surface area (Å²) in [6, 6.07) is 4.63. The van der Waals surface area contributed by atoms with Crippen molar-refractivity contribution in [1.82, 2.24) is 0 Å². The number of sulfone groups is 1. The van der Waals surface area contributed by atoms with E-state index in [1.807, 2.05) is 0 Å². The lowest BCUT2D eigenvalue weighted by Gasteiger charge is -2.35. The number of nitrogens with two attached hydrogens (primary N) is 1. The lowest BCUT2D eigenvalue weighted by Crippen LogP contribution is -2.40. The second-order valence-electron chi connectivity index (χ2n) is 6.28. The molecule has 0 saturated heterocycles. The van der Waals surface area contributed by atoms with Crippen molar-refractivity contribution in [1.29, 1.82) is 0 Å². The molecule has 0 unspecified atom stereocenters. The van der Waals surface area contributed by atoms with Crippen LogP contribution in [0.15, 0.2) is 23.1 Å². The fourth-order valence-corrected chi connectivity index (χ4v) is 3.32. The lowest BCUT2D eigenvalue weighted by atomic mass is 9.79. The molecule has 1 aromatic carbocycles. The summed E-state index contributed by atoms with van der Waals surface area (Å²) in [5, 5.41) is 13.7. The summed E-state index contributed by atoms with van der Waals surface area (Å²) in [4.78, 5) is 0.204. The van der Waals surface area contributed by atoms with Gasteiger partial charge in [0, 0.05) is 12.8 Å². The van der Waals surface area contributed by atoms with Gasteiger partial charge in [0.1, 0.15) is 0 Å². The molecule has 0 heterocycles. The topological polar surface area (TPSA) is 92.4 Å². The van der Waals surface area contributed by atoms with Gasteiger partial charge in [-0.2, -0.15) is 0 Å². The second-order valence-corrected chi connectivity index (χ2v) is 8.30. The Hall–Kier alpha value is -1.27. The highest BCUT2D eigenvalue weighted by molar-refractivity contribution is 7.90. The van der Waals surface area contributed by atoms with Crippen LogP contribution in [0.25, 0.3) is 0 Å². The fourth-order valence-electron chi connectivity index (χ4n) is 2.67. The van der Waals surface area contributed by atoms with Gasteiger partial charge in [-0.3, -0.25) is 0 Å². The average Bonchev–Trinajstić information content (AvgIpc) is 2.40. The third kappa shape index (κ3) is 4.11. The Morgan fingerprint density at radius 2 is 2.00 bits per heavy atom. The van der Waals surface area contributed by atoms with E-state index in [1.54, 1.807) is 6.07 Å². The van der Waals surface area contributed by atoms with Crippen molar-refractivity contribution in [2.75, 3.05) is 23.9 Å². The van der Waals surface area contributed by atoms with Gasteiger partial charge in [0.05, 0.1) is 21.9 Å². The Labute approximate surface area is 126 Å². The number of nitrogens with one attached hydrogen (secondary N) is 1. The number of rotatable bonds is 4. The molecule has 0 aromatic heterocycles. The monoisotopic (exact) mass is 312 g/mol. The van der Waals surface area contributed by atoms with Crippen LogP contribution in [0.5, 0.6) is 0 Å². The number of anilines is 2. The minimum Gasteiger partial charge on any atom is -0.397 e. The van der Waals surface area contributed by atoms with Gasteiger partial charge in [0.15, 0.2) is 9.84 Å². The van der Waals surface area contributed by atoms with Crippen LogP contribution in [0.1, 0.15) is 32.6 Å². The van der Waals surface area contributed by atoms with Crippen LogP contribution in [-0.4, -0.2) is 31.9 Å². The van der Waals surface area contributed by atoms with Gasteiger partial charge in [0.25, 0.3) is 0 Å². The number of hydrogen-bond acceptors (Lipinski definition) is 5. The van der Waals surface area contributed by atoms with Crippen molar-refractivity contribution in [3.63, 3.8) is 0 Å². The maximum Gasteiger partial charge on any atom is 0.175 e. The van der Waals surface area contributed by atoms with Crippen molar-refractivity contribution >= 4 is 21.2 Å². The van der Waals surface area contributed by atoms with Crippen LogP contribution in [0.3, 0.4) is 0 Å². The van der Waals surface area contributed by atoms with E-state index in [9.17, 15) is 13.5 Å². The summed E-state index contributed by atoms with van der Waals surface area (Å²) in [6.45, 7) is 2.64. The van der Waals surface area contributed by atoms with Crippen molar-refractivity contribution < 1.29 is 13.5 Å². The fraction of sp³-hybridized carbons (Fsp3) is 0.600. The number of aliphatic hydroxyl groups is 1. The minimum absolute atomic E-state index is 0.204.